The standard InChI is InChI=1S/C12H13N5O4/c1-21-9-4-2-8(3-5-9)13-11(18)7-17-10(6-12(19)20)14-15-16-17/h2-5H,6-7H2,1H3,(H,13,18)(H,19,20). The highest BCUT2D eigenvalue weighted by Gasteiger charge is 2.13. The van der Waals surface area contributed by atoms with Crippen LogP contribution in [0.1, 0.15) is 5.82 Å². The van der Waals surface area contributed by atoms with E-state index in [2.05, 4.69) is 20.8 Å². The summed E-state index contributed by atoms with van der Waals surface area (Å²) in [6, 6.07) is 6.80. The number of amides is 1. The molecule has 0 aliphatic heterocycles. The van der Waals surface area contributed by atoms with Crippen molar-refractivity contribution in [3.8, 4) is 5.75 Å². The summed E-state index contributed by atoms with van der Waals surface area (Å²) in [5.74, 6) is -0.634. The number of carboxylic acid groups (broad SMARTS) is 1. The molecule has 0 aliphatic rings. The highest BCUT2D eigenvalue weighted by Crippen LogP contribution is 2.14. The first-order valence-electron chi connectivity index (χ1n) is 5.99. The summed E-state index contributed by atoms with van der Waals surface area (Å²) in [6.07, 6.45) is -0.344. The van der Waals surface area contributed by atoms with Crippen LogP contribution in [0.5, 0.6) is 5.75 Å². The minimum absolute atomic E-state index is 0.118. The van der Waals surface area contributed by atoms with Crippen LogP contribution in [0.25, 0.3) is 0 Å². The van der Waals surface area contributed by atoms with Gasteiger partial charge in [0, 0.05) is 5.69 Å². The Labute approximate surface area is 119 Å². The largest absolute Gasteiger partial charge is 0.497 e. The molecule has 0 unspecified atom stereocenters. The number of aromatic nitrogens is 4. The van der Waals surface area contributed by atoms with E-state index in [-0.39, 0.29) is 24.7 Å². The van der Waals surface area contributed by atoms with Gasteiger partial charge in [-0.3, -0.25) is 9.59 Å². The van der Waals surface area contributed by atoms with Gasteiger partial charge in [0.1, 0.15) is 18.7 Å². The lowest BCUT2D eigenvalue weighted by atomic mass is 10.3. The molecule has 1 aromatic carbocycles. The normalized spacial score (nSPS) is 10.1. The van der Waals surface area contributed by atoms with Gasteiger partial charge in [-0.15, -0.1) is 5.10 Å². The van der Waals surface area contributed by atoms with Crippen molar-refractivity contribution in [3.63, 3.8) is 0 Å². The van der Waals surface area contributed by atoms with Crippen molar-refractivity contribution >= 4 is 17.6 Å². The minimum Gasteiger partial charge on any atom is -0.497 e. The molecule has 1 amide bonds. The lowest BCUT2D eigenvalue weighted by Crippen LogP contribution is -2.22. The Hall–Kier alpha value is -2.97. The number of benzene rings is 1. The third-order valence-corrected chi connectivity index (χ3v) is 2.58. The lowest BCUT2D eigenvalue weighted by molar-refractivity contribution is -0.136. The fourth-order valence-corrected chi connectivity index (χ4v) is 1.62. The van der Waals surface area contributed by atoms with Gasteiger partial charge in [-0.1, -0.05) is 0 Å². The number of aliphatic carboxylic acids is 1. The van der Waals surface area contributed by atoms with Gasteiger partial charge < -0.3 is 15.2 Å². The second kappa shape index (κ2) is 6.46. The monoisotopic (exact) mass is 291 g/mol. The number of methoxy groups -OCH3 is 1. The molecule has 21 heavy (non-hydrogen) atoms. The Morgan fingerprint density at radius 3 is 2.67 bits per heavy atom. The topological polar surface area (TPSA) is 119 Å². The van der Waals surface area contributed by atoms with E-state index in [4.69, 9.17) is 9.84 Å². The molecule has 9 heteroatoms. The molecule has 1 heterocycles. The van der Waals surface area contributed by atoms with Crippen LogP contribution in [-0.4, -0.2) is 44.3 Å². The molecule has 110 valence electrons. The fraction of sp³-hybridized carbons (Fsp3) is 0.250. The number of carboxylic acids is 1. The van der Waals surface area contributed by atoms with E-state index >= 15 is 0 Å². The van der Waals surface area contributed by atoms with Gasteiger partial charge in [0.05, 0.1) is 7.11 Å². The van der Waals surface area contributed by atoms with Gasteiger partial charge in [0.25, 0.3) is 0 Å². The predicted molar refractivity (Wildman–Crippen MR) is 70.8 cm³/mol. The molecule has 0 spiro atoms. The molecule has 9 nitrogen and oxygen atoms in total. The number of tetrazole rings is 1. The van der Waals surface area contributed by atoms with Crippen LogP contribution in [0, 0.1) is 0 Å². The zero-order chi connectivity index (χ0) is 15.2. The summed E-state index contributed by atoms with van der Waals surface area (Å²) in [6.45, 7) is -0.165. The average Bonchev–Trinajstić information content (AvgIpc) is 2.86. The number of carbonyl (C=O) groups excluding carboxylic acids is 1. The SMILES string of the molecule is COc1ccc(NC(=O)Cn2nnnc2CC(=O)O)cc1. The molecule has 1 aromatic heterocycles. The van der Waals surface area contributed by atoms with Gasteiger partial charge in [0.15, 0.2) is 5.82 Å². The summed E-state index contributed by atoms with van der Waals surface area (Å²) in [7, 11) is 1.55. The van der Waals surface area contributed by atoms with E-state index in [9.17, 15) is 9.59 Å². The number of rotatable bonds is 6. The first-order chi connectivity index (χ1) is 10.1. The number of hydrogen-bond donors (Lipinski definition) is 2. The second-order valence-corrected chi connectivity index (χ2v) is 4.10. The third kappa shape index (κ3) is 4.00. The van der Waals surface area contributed by atoms with Gasteiger partial charge in [-0.2, -0.15) is 0 Å². The van der Waals surface area contributed by atoms with Crippen LogP contribution in [0.15, 0.2) is 24.3 Å². The molecule has 0 atom stereocenters. The second-order valence-electron chi connectivity index (χ2n) is 4.10. The van der Waals surface area contributed by atoms with Crippen molar-refractivity contribution in [1.82, 2.24) is 20.2 Å². The van der Waals surface area contributed by atoms with Crippen LogP contribution in [-0.2, 0) is 22.6 Å². The van der Waals surface area contributed by atoms with E-state index in [0.29, 0.717) is 11.4 Å². The molecule has 0 fully saturated rings. The molecule has 2 rings (SSSR count). The van der Waals surface area contributed by atoms with Crippen LogP contribution in [0.2, 0.25) is 0 Å². The summed E-state index contributed by atoms with van der Waals surface area (Å²) in [5.41, 5.74) is 0.591. The number of anilines is 1. The third-order valence-electron chi connectivity index (χ3n) is 2.58. The van der Waals surface area contributed by atoms with E-state index in [1.54, 1.807) is 31.4 Å². The number of nitrogens with one attached hydrogen (secondary N) is 1. The van der Waals surface area contributed by atoms with Gasteiger partial charge >= 0.3 is 5.97 Å². The Kier molecular flexibility index (Phi) is 4.44. The average molecular weight is 291 g/mol. The maximum atomic E-state index is 11.9. The fourth-order valence-electron chi connectivity index (χ4n) is 1.62. The van der Waals surface area contributed by atoms with E-state index in [1.807, 2.05) is 0 Å². The predicted octanol–water partition coefficient (Wildman–Crippen LogP) is -0.0525. The summed E-state index contributed by atoms with van der Waals surface area (Å²) in [5, 5.41) is 21.9. The van der Waals surface area contributed by atoms with Crippen LogP contribution < -0.4 is 10.1 Å². The zero-order valence-electron chi connectivity index (χ0n) is 11.2. The van der Waals surface area contributed by atoms with Gasteiger partial charge in [-0.05, 0) is 34.7 Å². The smallest absolute Gasteiger partial charge is 0.311 e. The Morgan fingerprint density at radius 1 is 1.33 bits per heavy atom. The molecule has 0 saturated heterocycles. The molecule has 2 aromatic rings. The van der Waals surface area contributed by atoms with Crippen LogP contribution >= 0.6 is 0 Å². The van der Waals surface area contributed by atoms with Crippen molar-refractivity contribution in [1.29, 1.82) is 0 Å². The first kappa shape index (κ1) is 14.4. The summed E-state index contributed by atoms with van der Waals surface area (Å²) < 4.78 is 6.16. The van der Waals surface area contributed by atoms with Gasteiger partial charge in [-0.25, -0.2) is 4.68 Å². The highest BCUT2D eigenvalue weighted by atomic mass is 16.5. The zero-order valence-corrected chi connectivity index (χ0v) is 11.2. The maximum absolute atomic E-state index is 11.9. The van der Waals surface area contributed by atoms with Crippen molar-refractivity contribution < 1.29 is 19.4 Å². The Morgan fingerprint density at radius 2 is 2.05 bits per heavy atom. The Balaban J connectivity index is 1.98. The molecule has 0 saturated carbocycles. The van der Waals surface area contributed by atoms with E-state index in [0.717, 1.165) is 4.68 Å². The number of hydrogen-bond acceptors (Lipinski definition) is 6. The van der Waals surface area contributed by atoms with E-state index < -0.39 is 5.97 Å². The summed E-state index contributed by atoms with van der Waals surface area (Å²) in [4.78, 5) is 22.5. The number of ether oxygens (including phenoxy) is 1. The van der Waals surface area contributed by atoms with Crippen LogP contribution in [0.3, 0.4) is 0 Å². The number of nitrogens with zero attached hydrogens (tertiary/aromatic N) is 4. The van der Waals surface area contributed by atoms with Crippen molar-refractivity contribution in [2.75, 3.05) is 12.4 Å². The molecule has 0 bridgehead atoms. The first-order valence-corrected chi connectivity index (χ1v) is 5.99. The molecule has 0 radical (unpaired) electrons. The molecular weight excluding hydrogens is 278 g/mol. The highest BCUT2D eigenvalue weighted by molar-refractivity contribution is 5.90. The minimum atomic E-state index is -1.07. The Bertz CT molecular complexity index is 637. The van der Waals surface area contributed by atoms with E-state index in [1.165, 1.54) is 0 Å². The van der Waals surface area contributed by atoms with Crippen molar-refractivity contribution in [2.45, 2.75) is 13.0 Å². The van der Waals surface area contributed by atoms with Crippen molar-refractivity contribution in [2.24, 2.45) is 0 Å². The number of carbonyl (C=O) groups is 2. The molecule has 2 N–H and O–H groups in total. The molecular formula is C12H13N5O4. The quantitative estimate of drug-likeness (QED) is 0.765. The van der Waals surface area contributed by atoms with Crippen LogP contribution in [0.4, 0.5) is 5.69 Å². The molecule has 0 aliphatic carbocycles. The maximum Gasteiger partial charge on any atom is 0.311 e. The summed E-state index contributed by atoms with van der Waals surface area (Å²) >= 11 is 0. The van der Waals surface area contributed by atoms with Crippen molar-refractivity contribution in [3.05, 3.63) is 30.1 Å². The lowest BCUT2D eigenvalue weighted by Gasteiger charge is -2.07. The van der Waals surface area contributed by atoms with Gasteiger partial charge in [0.2, 0.25) is 5.91 Å².